The first-order valence-electron chi connectivity index (χ1n) is 7.04. The Balaban J connectivity index is 1.43. The van der Waals surface area contributed by atoms with Crippen molar-refractivity contribution in [3.8, 4) is 0 Å². The van der Waals surface area contributed by atoms with Crippen molar-refractivity contribution >= 4 is 5.91 Å². The van der Waals surface area contributed by atoms with E-state index in [0.717, 1.165) is 12.1 Å². The molecule has 3 heteroatoms. The second kappa shape index (κ2) is 5.09. The predicted molar refractivity (Wildman–Crippen MR) is 69.9 cm³/mol. The van der Waals surface area contributed by atoms with E-state index in [1.807, 2.05) is 18.2 Å². The van der Waals surface area contributed by atoms with E-state index in [2.05, 4.69) is 10.3 Å². The molecule has 0 spiro atoms. The van der Waals surface area contributed by atoms with Crippen molar-refractivity contribution in [2.75, 3.05) is 6.54 Å². The van der Waals surface area contributed by atoms with Gasteiger partial charge in [-0.3, -0.25) is 9.78 Å². The maximum absolute atomic E-state index is 12.0. The highest BCUT2D eigenvalue weighted by Crippen LogP contribution is 2.55. The van der Waals surface area contributed by atoms with Crippen molar-refractivity contribution < 1.29 is 4.79 Å². The lowest BCUT2D eigenvalue weighted by molar-refractivity contribution is -0.122. The van der Waals surface area contributed by atoms with Gasteiger partial charge in [0.25, 0.3) is 0 Å². The van der Waals surface area contributed by atoms with Crippen LogP contribution in [0.4, 0.5) is 0 Å². The Morgan fingerprint density at radius 3 is 2.72 bits per heavy atom. The highest BCUT2D eigenvalue weighted by molar-refractivity contribution is 5.82. The third-order valence-corrected chi connectivity index (χ3v) is 4.37. The Bertz CT molecular complexity index is 406. The number of nitrogens with one attached hydrogen (secondary N) is 1. The van der Waals surface area contributed by atoms with Crippen molar-refractivity contribution in [1.82, 2.24) is 10.3 Å². The van der Waals surface area contributed by atoms with E-state index in [4.69, 9.17) is 0 Å². The molecular weight excluding hydrogens is 224 g/mol. The fourth-order valence-corrected chi connectivity index (χ4v) is 3.36. The van der Waals surface area contributed by atoms with Crippen LogP contribution in [0.3, 0.4) is 0 Å². The van der Waals surface area contributed by atoms with Gasteiger partial charge in [0, 0.05) is 30.8 Å². The average molecular weight is 244 g/mol. The number of pyridine rings is 1. The molecule has 1 aromatic rings. The maximum atomic E-state index is 12.0. The van der Waals surface area contributed by atoms with Crippen LogP contribution in [0.25, 0.3) is 0 Å². The van der Waals surface area contributed by atoms with E-state index >= 15 is 0 Å². The lowest BCUT2D eigenvalue weighted by Gasteiger charge is -2.04. The summed E-state index contributed by atoms with van der Waals surface area (Å²) in [4.78, 5) is 16.3. The van der Waals surface area contributed by atoms with E-state index < -0.39 is 0 Å². The number of hydrogen-bond acceptors (Lipinski definition) is 2. The molecule has 3 nitrogen and oxygen atoms in total. The molecule has 2 unspecified atom stereocenters. The van der Waals surface area contributed by atoms with Gasteiger partial charge in [-0.05, 0) is 36.8 Å². The highest BCUT2D eigenvalue weighted by Gasteiger charge is 2.54. The first-order chi connectivity index (χ1) is 8.86. The first kappa shape index (κ1) is 11.7. The Hall–Kier alpha value is -1.38. The number of nitrogens with zero attached hydrogens (tertiary/aromatic N) is 1. The number of amides is 1. The van der Waals surface area contributed by atoms with Gasteiger partial charge in [0.15, 0.2) is 0 Å². The minimum Gasteiger partial charge on any atom is -0.355 e. The SMILES string of the molecule is O=C(NCCc1ccccn1)C1C2CCCCC21. The second-order valence-corrected chi connectivity index (χ2v) is 5.50. The van der Waals surface area contributed by atoms with Gasteiger partial charge in [0.1, 0.15) is 0 Å². The van der Waals surface area contributed by atoms with E-state index in [1.165, 1.54) is 25.7 Å². The Morgan fingerprint density at radius 2 is 2.06 bits per heavy atom. The molecule has 1 heterocycles. The van der Waals surface area contributed by atoms with Crippen LogP contribution < -0.4 is 5.32 Å². The molecule has 1 N–H and O–H groups in total. The topological polar surface area (TPSA) is 42.0 Å². The fraction of sp³-hybridized carbons (Fsp3) is 0.600. The van der Waals surface area contributed by atoms with Gasteiger partial charge in [-0.1, -0.05) is 18.9 Å². The van der Waals surface area contributed by atoms with Crippen LogP contribution >= 0.6 is 0 Å². The Labute approximate surface area is 108 Å². The number of rotatable bonds is 4. The maximum Gasteiger partial charge on any atom is 0.223 e. The van der Waals surface area contributed by atoms with Gasteiger partial charge in [0.05, 0.1) is 0 Å². The molecule has 2 saturated carbocycles. The van der Waals surface area contributed by atoms with Gasteiger partial charge in [0.2, 0.25) is 5.91 Å². The van der Waals surface area contributed by atoms with Crippen LogP contribution in [0.15, 0.2) is 24.4 Å². The van der Waals surface area contributed by atoms with E-state index in [-0.39, 0.29) is 5.91 Å². The van der Waals surface area contributed by atoms with Crippen LogP contribution in [0.1, 0.15) is 31.4 Å². The minimum absolute atomic E-state index is 0.280. The summed E-state index contributed by atoms with van der Waals surface area (Å²) in [5.74, 6) is 2.02. The lowest BCUT2D eigenvalue weighted by atomic mass is 10.0. The van der Waals surface area contributed by atoms with E-state index in [0.29, 0.717) is 24.3 Å². The van der Waals surface area contributed by atoms with Gasteiger partial charge >= 0.3 is 0 Å². The minimum atomic E-state index is 0.280. The van der Waals surface area contributed by atoms with E-state index in [1.54, 1.807) is 6.20 Å². The van der Waals surface area contributed by atoms with Crippen molar-refractivity contribution in [3.63, 3.8) is 0 Å². The molecule has 2 aliphatic carbocycles. The molecule has 96 valence electrons. The molecule has 0 saturated heterocycles. The monoisotopic (exact) mass is 244 g/mol. The predicted octanol–water partition coefficient (Wildman–Crippen LogP) is 2.18. The zero-order chi connectivity index (χ0) is 12.4. The zero-order valence-corrected chi connectivity index (χ0v) is 10.6. The molecule has 2 fully saturated rings. The molecule has 1 amide bonds. The van der Waals surface area contributed by atoms with Crippen LogP contribution in [-0.2, 0) is 11.2 Å². The summed E-state index contributed by atoms with van der Waals surface area (Å²) >= 11 is 0. The normalized spacial score (nSPS) is 29.4. The summed E-state index contributed by atoms with van der Waals surface area (Å²) in [6.45, 7) is 0.714. The molecule has 1 aromatic heterocycles. The van der Waals surface area contributed by atoms with Crippen molar-refractivity contribution in [1.29, 1.82) is 0 Å². The molecule has 2 atom stereocenters. The quantitative estimate of drug-likeness (QED) is 0.882. The number of aromatic nitrogens is 1. The fourth-order valence-electron chi connectivity index (χ4n) is 3.36. The molecule has 2 aliphatic rings. The Kier molecular flexibility index (Phi) is 3.31. The first-order valence-corrected chi connectivity index (χ1v) is 7.04. The lowest BCUT2D eigenvalue weighted by Crippen LogP contribution is -2.28. The van der Waals surface area contributed by atoms with Gasteiger partial charge in [-0.2, -0.15) is 0 Å². The third kappa shape index (κ3) is 2.40. The van der Waals surface area contributed by atoms with Crippen molar-refractivity contribution in [2.24, 2.45) is 17.8 Å². The largest absolute Gasteiger partial charge is 0.355 e. The molecular formula is C15H20N2O. The summed E-state index contributed by atoms with van der Waals surface area (Å²) in [5.41, 5.74) is 1.05. The summed E-state index contributed by atoms with van der Waals surface area (Å²) in [6, 6.07) is 5.90. The Morgan fingerprint density at radius 1 is 1.28 bits per heavy atom. The summed E-state index contributed by atoms with van der Waals surface area (Å²) in [7, 11) is 0. The smallest absolute Gasteiger partial charge is 0.223 e. The van der Waals surface area contributed by atoms with Gasteiger partial charge in [-0.25, -0.2) is 0 Å². The van der Waals surface area contributed by atoms with Crippen LogP contribution in [0, 0.1) is 17.8 Å². The highest BCUT2D eigenvalue weighted by atomic mass is 16.2. The summed E-state index contributed by atoms with van der Waals surface area (Å²) in [5, 5.41) is 3.07. The summed E-state index contributed by atoms with van der Waals surface area (Å²) < 4.78 is 0. The van der Waals surface area contributed by atoms with E-state index in [9.17, 15) is 4.79 Å². The van der Waals surface area contributed by atoms with Crippen LogP contribution in [-0.4, -0.2) is 17.4 Å². The number of fused-ring (bicyclic) bond motifs is 1. The molecule has 0 radical (unpaired) electrons. The standard InChI is InChI=1S/C15H20N2O/c18-15(14-12-6-1-2-7-13(12)14)17-10-8-11-5-3-4-9-16-11/h3-5,9,12-14H,1-2,6-8,10H2,(H,17,18). The van der Waals surface area contributed by atoms with Crippen LogP contribution in [0.5, 0.6) is 0 Å². The summed E-state index contributed by atoms with van der Waals surface area (Å²) in [6.07, 6.45) is 7.80. The van der Waals surface area contributed by atoms with Crippen molar-refractivity contribution in [3.05, 3.63) is 30.1 Å². The van der Waals surface area contributed by atoms with Crippen molar-refractivity contribution in [2.45, 2.75) is 32.1 Å². The molecule has 0 bridgehead atoms. The molecule has 0 aromatic carbocycles. The average Bonchev–Trinajstić information content (AvgIpc) is 3.14. The second-order valence-electron chi connectivity index (χ2n) is 5.50. The number of carbonyl (C=O) groups is 1. The molecule has 0 aliphatic heterocycles. The third-order valence-electron chi connectivity index (χ3n) is 4.37. The molecule has 3 rings (SSSR count). The van der Waals surface area contributed by atoms with Gasteiger partial charge in [-0.15, -0.1) is 0 Å². The van der Waals surface area contributed by atoms with Gasteiger partial charge < -0.3 is 5.32 Å². The van der Waals surface area contributed by atoms with Crippen LogP contribution in [0.2, 0.25) is 0 Å². The number of hydrogen-bond donors (Lipinski definition) is 1. The number of carbonyl (C=O) groups excluding carboxylic acids is 1. The zero-order valence-electron chi connectivity index (χ0n) is 10.6. The molecule has 18 heavy (non-hydrogen) atoms.